The molecule has 1 saturated carbocycles. The van der Waals surface area contributed by atoms with Crippen molar-refractivity contribution in [3.05, 3.63) is 35.9 Å². The highest BCUT2D eigenvalue weighted by molar-refractivity contribution is 7.80. The summed E-state index contributed by atoms with van der Waals surface area (Å²) in [7, 11) is 0. The van der Waals surface area contributed by atoms with Crippen LogP contribution in [0.1, 0.15) is 38.2 Å². The van der Waals surface area contributed by atoms with Crippen molar-refractivity contribution in [3.8, 4) is 0 Å². The van der Waals surface area contributed by atoms with Gasteiger partial charge >= 0.3 is 0 Å². The lowest BCUT2D eigenvalue weighted by molar-refractivity contribution is 0.358. The minimum absolute atomic E-state index is 0.425. The number of hydrogen-bond donors (Lipinski definition) is 2. The first-order valence-electron chi connectivity index (χ1n) is 7.59. The molecule has 3 N–H and O–H groups in total. The van der Waals surface area contributed by atoms with E-state index in [0.717, 1.165) is 28.2 Å². The van der Waals surface area contributed by atoms with Crippen LogP contribution in [-0.4, -0.2) is 16.0 Å². The number of hydrogen-bond acceptors (Lipinski definition) is 3. The summed E-state index contributed by atoms with van der Waals surface area (Å²) in [6.07, 6.45) is 5.04. The summed E-state index contributed by atoms with van der Waals surface area (Å²) >= 11 is 5.19. The van der Waals surface area contributed by atoms with Gasteiger partial charge in [-0.25, -0.2) is 4.98 Å². The SMILES string of the molecule is CC1CCCC(Nc2cc(C(N)=S)c3ccccc3n2)C1. The molecule has 4 heteroatoms. The van der Waals surface area contributed by atoms with Crippen molar-refractivity contribution < 1.29 is 0 Å². The van der Waals surface area contributed by atoms with Gasteiger partial charge in [0.25, 0.3) is 0 Å². The maximum Gasteiger partial charge on any atom is 0.127 e. The van der Waals surface area contributed by atoms with E-state index in [-0.39, 0.29) is 0 Å². The monoisotopic (exact) mass is 299 g/mol. The molecule has 3 rings (SSSR count). The molecule has 2 unspecified atom stereocenters. The average Bonchev–Trinajstić information content (AvgIpc) is 2.46. The van der Waals surface area contributed by atoms with Crippen molar-refractivity contribution in [1.82, 2.24) is 4.98 Å². The number of rotatable bonds is 3. The van der Waals surface area contributed by atoms with Gasteiger partial charge in [-0.05, 0) is 30.9 Å². The molecular formula is C17H21N3S. The zero-order chi connectivity index (χ0) is 14.8. The maximum absolute atomic E-state index is 5.88. The van der Waals surface area contributed by atoms with Gasteiger partial charge in [-0.3, -0.25) is 0 Å². The third-order valence-electron chi connectivity index (χ3n) is 4.27. The van der Waals surface area contributed by atoms with E-state index in [1.807, 2.05) is 30.3 Å². The van der Waals surface area contributed by atoms with E-state index in [1.165, 1.54) is 25.7 Å². The summed E-state index contributed by atoms with van der Waals surface area (Å²) in [4.78, 5) is 5.14. The van der Waals surface area contributed by atoms with Gasteiger partial charge in [0.15, 0.2) is 0 Å². The molecule has 1 heterocycles. The number of aromatic nitrogens is 1. The number of anilines is 1. The fraction of sp³-hybridized carbons (Fsp3) is 0.412. The lowest BCUT2D eigenvalue weighted by Gasteiger charge is -2.28. The molecule has 3 nitrogen and oxygen atoms in total. The van der Waals surface area contributed by atoms with Gasteiger partial charge in [-0.2, -0.15) is 0 Å². The zero-order valence-electron chi connectivity index (χ0n) is 12.3. The molecule has 0 radical (unpaired) electrons. The minimum atomic E-state index is 0.425. The van der Waals surface area contributed by atoms with Crippen LogP contribution in [0.4, 0.5) is 5.82 Å². The van der Waals surface area contributed by atoms with Crippen molar-refractivity contribution in [2.75, 3.05) is 5.32 Å². The molecule has 0 saturated heterocycles. The molecule has 0 aliphatic heterocycles. The average molecular weight is 299 g/mol. The lowest BCUT2D eigenvalue weighted by atomic mass is 9.87. The van der Waals surface area contributed by atoms with Gasteiger partial charge in [0.1, 0.15) is 10.8 Å². The molecule has 1 aromatic carbocycles. The number of nitrogens with two attached hydrogens (primary N) is 1. The van der Waals surface area contributed by atoms with Crippen LogP contribution in [0.5, 0.6) is 0 Å². The normalized spacial score (nSPS) is 22.1. The van der Waals surface area contributed by atoms with E-state index in [0.29, 0.717) is 11.0 Å². The van der Waals surface area contributed by atoms with Crippen LogP contribution < -0.4 is 11.1 Å². The number of thiocarbonyl (C=S) groups is 1. The van der Waals surface area contributed by atoms with Crippen LogP contribution in [0.15, 0.2) is 30.3 Å². The molecule has 2 atom stereocenters. The molecule has 0 amide bonds. The second kappa shape index (κ2) is 5.98. The first kappa shape index (κ1) is 14.3. The number of fused-ring (bicyclic) bond motifs is 1. The van der Waals surface area contributed by atoms with Gasteiger partial charge in [-0.1, -0.05) is 50.2 Å². The molecular weight excluding hydrogens is 278 g/mol. The molecule has 1 aromatic heterocycles. The Morgan fingerprint density at radius 2 is 2.14 bits per heavy atom. The largest absolute Gasteiger partial charge is 0.389 e. The van der Waals surface area contributed by atoms with Crippen molar-refractivity contribution >= 4 is 33.9 Å². The van der Waals surface area contributed by atoms with Crippen LogP contribution in [0.3, 0.4) is 0 Å². The third kappa shape index (κ3) is 3.16. The Bertz CT molecular complexity index is 668. The van der Waals surface area contributed by atoms with Gasteiger partial charge in [0.2, 0.25) is 0 Å². The van der Waals surface area contributed by atoms with Crippen molar-refractivity contribution in [2.45, 2.75) is 38.6 Å². The summed E-state index contributed by atoms with van der Waals surface area (Å²) in [5, 5.41) is 4.59. The van der Waals surface area contributed by atoms with Crippen molar-refractivity contribution in [3.63, 3.8) is 0 Å². The number of nitrogens with one attached hydrogen (secondary N) is 1. The first-order valence-corrected chi connectivity index (χ1v) is 8.00. The molecule has 0 spiro atoms. The van der Waals surface area contributed by atoms with E-state index in [2.05, 4.69) is 12.2 Å². The van der Waals surface area contributed by atoms with Gasteiger partial charge in [0.05, 0.1) is 5.52 Å². The highest BCUT2D eigenvalue weighted by Gasteiger charge is 2.19. The first-order chi connectivity index (χ1) is 10.1. The summed E-state index contributed by atoms with van der Waals surface area (Å²) in [6.45, 7) is 2.32. The molecule has 1 fully saturated rings. The van der Waals surface area contributed by atoms with Crippen molar-refractivity contribution in [2.24, 2.45) is 11.7 Å². The summed E-state index contributed by atoms with van der Waals surface area (Å²) in [5.74, 6) is 1.67. The van der Waals surface area contributed by atoms with Crippen LogP contribution in [0.2, 0.25) is 0 Å². The highest BCUT2D eigenvalue weighted by atomic mass is 32.1. The lowest BCUT2D eigenvalue weighted by Crippen LogP contribution is -2.26. The quantitative estimate of drug-likeness (QED) is 0.845. The summed E-state index contributed by atoms with van der Waals surface area (Å²) in [6, 6.07) is 10.5. The number of pyridine rings is 1. The van der Waals surface area contributed by atoms with E-state index in [4.69, 9.17) is 22.9 Å². The Hall–Kier alpha value is -1.68. The highest BCUT2D eigenvalue weighted by Crippen LogP contribution is 2.27. The second-order valence-electron chi connectivity index (χ2n) is 6.05. The zero-order valence-corrected chi connectivity index (χ0v) is 13.1. The van der Waals surface area contributed by atoms with Gasteiger partial charge < -0.3 is 11.1 Å². The predicted octanol–water partition coefficient (Wildman–Crippen LogP) is 3.86. The summed E-state index contributed by atoms with van der Waals surface area (Å²) in [5.41, 5.74) is 7.72. The second-order valence-corrected chi connectivity index (χ2v) is 6.49. The minimum Gasteiger partial charge on any atom is -0.389 e. The Kier molecular flexibility index (Phi) is 4.06. The van der Waals surface area contributed by atoms with Crippen LogP contribution in [0, 0.1) is 5.92 Å². The smallest absolute Gasteiger partial charge is 0.127 e. The van der Waals surface area contributed by atoms with E-state index in [1.54, 1.807) is 0 Å². The van der Waals surface area contributed by atoms with Crippen LogP contribution >= 0.6 is 12.2 Å². The Labute approximate surface area is 130 Å². The Morgan fingerprint density at radius 1 is 1.33 bits per heavy atom. The molecule has 21 heavy (non-hydrogen) atoms. The number of para-hydroxylation sites is 1. The molecule has 1 aliphatic carbocycles. The third-order valence-corrected chi connectivity index (χ3v) is 4.49. The Morgan fingerprint density at radius 3 is 2.90 bits per heavy atom. The fourth-order valence-corrected chi connectivity index (χ4v) is 3.40. The van der Waals surface area contributed by atoms with Gasteiger partial charge in [0, 0.05) is 17.0 Å². The standard InChI is InChI=1S/C17H21N3S/c1-11-5-4-6-12(9-11)19-16-10-14(17(18)21)13-7-2-3-8-15(13)20-16/h2-3,7-8,10-12H,4-6,9H2,1H3,(H2,18,21)(H,19,20). The topological polar surface area (TPSA) is 50.9 Å². The van der Waals surface area contributed by atoms with Crippen molar-refractivity contribution in [1.29, 1.82) is 0 Å². The maximum atomic E-state index is 5.88. The van der Waals surface area contributed by atoms with Gasteiger partial charge in [-0.15, -0.1) is 0 Å². The van der Waals surface area contributed by atoms with Crippen LogP contribution in [-0.2, 0) is 0 Å². The fourth-order valence-electron chi connectivity index (χ4n) is 3.23. The van der Waals surface area contributed by atoms with E-state index < -0.39 is 0 Å². The number of benzene rings is 1. The molecule has 2 aromatic rings. The number of nitrogens with zero attached hydrogens (tertiary/aromatic N) is 1. The summed E-state index contributed by atoms with van der Waals surface area (Å²) < 4.78 is 0. The van der Waals surface area contributed by atoms with E-state index >= 15 is 0 Å². The molecule has 110 valence electrons. The predicted molar refractivity (Wildman–Crippen MR) is 92.7 cm³/mol. The van der Waals surface area contributed by atoms with Crippen LogP contribution in [0.25, 0.3) is 10.9 Å². The van der Waals surface area contributed by atoms with E-state index in [9.17, 15) is 0 Å². The molecule has 1 aliphatic rings. The molecule has 0 bridgehead atoms. The Balaban J connectivity index is 1.93.